The molecule has 202 valence electrons. The molecule has 0 N–H and O–H groups in total. The van der Waals surface area contributed by atoms with Crippen LogP contribution in [0.25, 0.3) is 0 Å². The van der Waals surface area contributed by atoms with Crippen LogP contribution in [0, 0.1) is 10.1 Å². The van der Waals surface area contributed by atoms with E-state index in [-0.39, 0.29) is 24.2 Å². The minimum atomic E-state index is -1.09. The molecule has 0 aliphatic carbocycles. The van der Waals surface area contributed by atoms with E-state index in [1.165, 1.54) is 44.4 Å². The molecule has 3 aromatic rings. The molecule has 0 bridgehead atoms. The third-order valence-corrected chi connectivity index (χ3v) is 6.48. The Morgan fingerprint density at radius 3 is 2.33 bits per heavy atom. The topological polar surface area (TPSA) is 129 Å². The molecule has 1 aliphatic rings. The number of hydrogen-bond donors (Lipinski definition) is 0. The smallest absolute Gasteiger partial charge is 0.270 e. The standard InChI is InChI=1S/C28H27N3O8/c1-37-22-10-8-20(9-11-22)30-26(32)17-23(28(30)34)29(27(33)19-5-4-6-21(16-19)31(35)36)14-13-18-7-12-24(38-2)25(15-18)39-3/h4-12,15-16,23H,13-14,17H2,1-3H3. The van der Waals surface area contributed by atoms with E-state index in [2.05, 4.69) is 0 Å². The van der Waals surface area contributed by atoms with Crippen molar-refractivity contribution in [3.05, 3.63) is 88.0 Å². The van der Waals surface area contributed by atoms with Crippen molar-refractivity contribution in [1.29, 1.82) is 0 Å². The number of methoxy groups -OCH3 is 3. The van der Waals surface area contributed by atoms with Crippen molar-refractivity contribution in [3.8, 4) is 17.2 Å². The Morgan fingerprint density at radius 1 is 0.974 bits per heavy atom. The number of nitro groups is 1. The van der Waals surface area contributed by atoms with Crippen LogP contribution >= 0.6 is 0 Å². The van der Waals surface area contributed by atoms with Crippen molar-refractivity contribution in [3.63, 3.8) is 0 Å². The summed E-state index contributed by atoms with van der Waals surface area (Å²) in [5.74, 6) is -0.00933. The van der Waals surface area contributed by atoms with Gasteiger partial charge in [0.1, 0.15) is 11.8 Å². The lowest BCUT2D eigenvalue weighted by atomic mass is 10.1. The van der Waals surface area contributed by atoms with Crippen molar-refractivity contribution in [1.82, 2.24) is 4.90 Å². The first kappa shape index (κ1) is 27.1. The van der Waals surface area contributed by atoms with Gasteiger partial charge in [-0.3, -0.25) is 24.5 Å². The SMILES string of the molecule is COc1ccc(N2C(=O)CC(N(CCc3ccc(OC)c(OC)c3)C(=O)c3cccc([N+](=O)[O-])c3)C2=O)cc1. The fraction of sp³-hybridized carbons (Fsp3) is 0.250. The molecule has 0 radical (unpaired) electrons. The van der Waals surface area contributed by atoms with Crippen LogP contribution in [0.1, 0.15) is 22.3 Å². The van der Waals surface area contributed by atoms with E-state index in [0.29, 0.717) is 29.4 Å². The molecule has 3 amide bonds. The third kappa shape index (κ3) is 5.66. The Labute approximate surface area is 224 Å². The fourth-order valence-corrected chi connectivity index (χ4v) is 4.46. The molecule has 0 saturated carbocycles. The van der Waals surface area contributed by atoms with E-state index in [0.717, 1.165) is 16.5 Å². The zero-order valence-electron chi connectivity index (χ0n) is 21.7. The molecular weight excluding hydrogens is 506 g/mol. The number of rotatable bonds is 10. The predicted octanol–water partition coefficient (Wildman–Crippen LogP) is 3.64. The second kappa shape index (κ2) is 11.6. The number of carbonyl (C=O) groups is 3. The van der Waals surface area contributed by atoms with Gasteiger partial charge in [0.05, 0.1) is 38.4 Å². The quantitative estimate of drug-likeness (QED) is 0.220. The van der Waals surface area contributed by atoms with E-state index in [1.807, 2.05) is 6.07 Å². The number of hydrogen-bond acceptors (Lipinski definition) is 8. The highest BCUT2D eigenvalue weighted by molar-refractivity contribution is 6.23. The fourth-order valence-electron chi connectivity index (χ4n) is 4.46. The number of imide groups is 1. The summed E-state index contributed by atoms with van der Waals surface area (Å²) in [6.45, 7) is 0.0666. The molecular formula is C28H27N3O8. The second-order valence-corrected chi connectivity index (χ2v) is 8.73. The van der Waals surface area contributed by atoms with Crippen molar-refractivity contribution in [2.24, 2.45) is 0 Å². The normalized spacial score (nSPS) is 14.7. The molecule has 1 saturated heterocycles. The highest BCUT2D eigenvalue weighted by Crippen LogP contribution is 2.30. The Hall–Kier alpha value is -4.93. The van der Waals surface area contributed by atoms with E-state index >= 15 is 0 Å². The number of benzene rings is 3. The Balaban J connectivity index is 1.66. The highest BCUT2D eigenvalue weighted by Gasteiger charge is 2.44. The van der Waals surface area contributed by atoms with Gasteiger partial charge in [0, 0.05) is 24.2 Å². The minimum absolute atomic E-state index is 0.0413. The lowest BCUT2D eigenvalue weighted by Gasteiger charge is -2.28. The van der Waals surface area contributed by atoms with Crippen molar-refractivity contribution >= 4 is 29.1 Å². The van der Waals surface area contributed by atoms with Gasteiger partial charge in [-0.05, 0) is 54.4 Å². The van der Waals surface area contributed by atoms with E-state index in [1.54, 1.807) is 36.4 Å². The average molecular weight is 534 g/mol. The first-order valence-electron chi connectivity index (χ1n) is 12.0. The van der Waals surface area contributed by atoms with Gasteiger partial charge in [0.15, 0.2) is 11.5 Å². The van der Waals surface area contributed by atoms with Gasteiger partial charge in [0.2, 0.25) is 5.91 Å². The van der Waals surface area contributed by atoms with E-state index in [9.17, 15) is 24.5 Å². The lowest BCUT2D eigenvalue weighted by molar-refractivity contribution is -0.384. The Morgan fingerprint density at radius 2 is 1.69 bits per heavy atom. The lowest BCUT2D eigenvalue weighted by Crippen LogP contribution is -2.46. The Bertz CT molecular complexity index is 1410. The van der Waals surface area contributed by atoms with Crippen LogP contribution in [0.15, 0.2) is 66.7 Å². The molecule has 0 aromatic heterocycles. The number of carbonyl (C=O) groups excluding carboxylic acids is 3. The maximum absolute atomic E-state index is 13.7. The average Bonchev–Trinajstić information content (AvgIpc) is 3.25. The van der Waals surface area contributed by atoms with Gasteiger partial charge in [0.25, 0.3) is 17.5 Å². The van der Waals surface area contributed by atoms with Crippen molar-refractivity contribution < 1.29 is 33.5 Å². The number of ether oxygens (including phenoxy) is 3. The molecule has 1 heterocycles. The third-order valence-electron chi connectivity index (χ3n) is 6.48. The van der Waals surface area contributed by atoms with Gasteiger partial charge in [-0.2, -0.15) is 0 Å². The van der Waals surface area contributed by atoms with Crippen molar-refractivity contribution in [2.45, 2.75) is 18.9 Å². The summed E-state index contributed by atoms with van der Waals surface area (Å²) in [6.07, 6.45) is 0.0962. The summed E-state index contributed by atoms with van der Waals surface area (Å²) >= 11 is 0. The predicted molar refractivity (Wildman–Crippen MR) is 141 cm³/mol. The van der Waals surface area contributed by atoms with Gasteiger partial charge < -0.3 is 19.1 Å². The van der Waals surface area contributed by atoms with E-state index in [4.69, 9.17) is 14.2 Å². The molecule has 11 nitrogen and oxygen atoms in total. The first-order chi connectivity index (χ1) is 18.8. The summed E-state index contributed by atoms with van der Waals surface area (Å²) in [5, 5.41) is 11.3. The van der Waals surface area contributed by atoms with Crippen LogP contribution in [0.5, 0.6) is 17.2 Å². The summed E-state index contributed by atoms with van der Waals surface area (Å²) in [6, 6.07) is 15.9. The monoisotopic (exact) mass is 533 g/mol. The molecule has 0 spiro atoms. The molecule has 1 fully saturated rings. The number of nitrogens with zero attached hydrogens (tertiary/aromatic N) is 3. The maximum atomic E-state index is 13.7. The molecule has 3 aromatic carbocycles. The Kier molecular flexibility index (Phi) is 8.09. The number of amides is 3. The zero-order valence-corrected chi connectivity index (χ0v) is 21.7. The molecule has 4 rings (SSSR count). The zero-order chi connectivity index (χ0) is 28.1. The number of anilines is 1. The van der Waals surface area contributed by atoms with Gasteiger partial charge in [-0.1, -0.05) is 12.1 Å². The highest BCUT2D eigenvalue weighted by atomic mass is 16.6. The summed E-state index contributed by atoms with van der Waals surface area (Å²) < 4.78 is 15.8. The van der Waals surface area contributed by atoms with Crippen molar-refractivity contribution in [2.75, 3.05) is 32.8 Å². The van der Waals surface area contributed by atoms with Gasteiger partial charge in [-0.25, -0.2) is 4.90 Å². The summed E-state index contributed by atoms with van der Waals surface area (Å²) in [5.41, 5.74) is 0.943. The molecule has 1 atom stereocenters. The summed E-state index contributed by atoms with van der Waals surface area (Å²) in [7, 11) is 4.54. The van der Waals surface area contributed by atoms with Crippen LogP contribution < -0.4 is 19.1 Å². The molecule has 39 heavy (non-hydrogen) atoms. The first-order valence-corrected chi connectivity index (χ1v) is 12.0. The maximum Gasteiger partial charge on any atom is 0.270 e. The number of nitro benzene ring substituents is 1. The van der Waals surface area contributed by atoms with Crippen LogP contribution in [-0.2, 0) is 16.0 Å². The van der Waals surface area contributed by atoms with Crippen LogP contribution in [0.3, 0.4) is 0 Å². The minimum Gasteiger partial charge on any atom is -0.497 e. The largest absolute Gasteiger partial charge is 0.497 e. The van der Waals surface area contributed by atoms with E-state index < -0.39 is 28.7 Å². The van der Waals surface area contributed by atoms with Gasteiger partial charge in [-0.15, -0.1) is 0 Å². The summed E-state index contributed by atoms with van der Waals surface area (Å²) in [4.78, 5) is 53.3. The molecule has 11 heteroatoms. The van der Waals surface area contributed by atoms with Gasteiger partial charge >= 0.3 is 0 Å². The van der Waals surface area contributed by atoms with Crippen LogP contribution in [0.2, 0.25) is 0 Å². The molecule has 1 unspecified atom stereocenters. The van der Waals surface area contributed by atoms with Crippen LogP contribution in [-0.4, -0.2) is 61.5 Å². The number of non-ortho nitro benzene ring substituents is 1. The van der Waals surface area contributed by atoms with Crippen LogP contribution in [0.4, 0.5) is 11.4 Å². The second-order valence-electron chi connectivity index (χ2n) is 8.73. The molecule has 1 aliphatic heterocycles.